The second kappa shape index (κ2) is 5.74. The third-order valence-electron chi connectivity index (χ3n) is 4.08. The summed E-state index contributed by atoms with van der Waals surface area (Å²) in [6.45, 7) is 3.46. The van der Waals surface area contributed by atoms with Gasteiger partial charge in [0.1, 0.15) is 5.75 Å². The summed E-state index contributed by atoms with van der Waals surface area (Å²) >= 11 is 0. The van der Waals surface area contributed by atoms with Crippen molar-refractivity contribution in [1.82, 2.24) is 4.90 Å². The number of fused-ring (bicyclic) bond motifs is 1. The van der Waals surface area contributed by atoms with Crippen LogP contribution in [0.15, 0.2) is 18.2 Å². The smallest absolute Gasteiger partial charge is 0.176 e. The van der Waals surface area contributed by atoms with Crippen LogP contribution in [-0.2, 0) is 6.42 Å². The van der Waals surface area contributed by atoms with Crippen molar-refractivity contribution < 1.29 is 9.53 Å². The van der Waals surface area contributed by atoms with Gasteiger partial charge in [-0.1, -0.05) is 12.8 Å². The molecule has 19 heavy (non-hydrogen) atoms. The average Bonchev–Trinajstić information content (AvgIpc) is 2.75. The third kappa shape index (κ3) is 2.98. The molecule has 0 amide bonds. The lowest BCUT2D eigenvalue weighted by atomic mass is 10.1. The zero-order chi connectivity index (χ0) is 13.1. The first-order valence-corrected chi connectivity index (χ1v) is 7.34. The number of nitrogens with zero attached hydrogens (tertiary/aromatic N) is 1. The first-order chi connectivity index (χ1) is 9.33. The molecule has 0 N–H and O–H groups in total. The van der Waals surface area contributed by atoms with Crippen LogP contribution >= 0.6 is 0 Å². The average molecular weight is 259 g/mol. The van der Waals surface area contributed by atoms with E-state index in [1.807, 2.05) is 18.2 Å². The molecule has 1 fully saturated rings. The summed E-state index contributed by atoms with van der Waals surface area (Å²) in [4.78, 5) is 14.6. The number of hydrogen-bond acceptors (Lipinski definition) is 3. The van der Waals surface area contributed by atoms with E-state index < -0.39 is 0 Å². The summed E-state index contributed by atoms with van der Waals surface area (Å²) in [5.41, 5.74) is 2.02. The number of rotatable bonds is 3. The summed E-state index contributed by atoms with van der Waals surface area (Å²) in [6.07, 6.45) is 6.00. The summed E-state index contributed by atoms with van der Waals surface area (Å²) in [7, 11) is 0. The van der Waals surface area contributed by atoms with E-state index >= 15 is 0 Å². The minimum Gasteiger partial charge on any atom is -0.493 e. The van der Waals surface area contributed by atoms with Crippen LogP contribution in [0.5, 0.6) is 5.75 Å². The summed E-state index contributed by atoms with van der Waals surface area (Å²) in [5.74, 6) is 1.20. The van der Waals surface area contributed by atoms with Crippen LogP contribution in [0.4, 0.5) is 0 Å². The minimum atomic E-state index is 0.247. The number of likely N-dealkylation sites (tertiary alicyclic amines) is 1. The molecule has 2 aliphatic heterocycles. The van der Waals surface area contributed by atoms with Gasteiger partial charge in [-0.25, -0.2) is 0 Å². The second-order valence-electron chi connectivity index (χ2n) is 5.53. The van der Waals surface area contributed by atoms with Gasteiger partial charge < -0.3 is 4.74 Å². The largest absolute Gasteiger partial charge is 0.493 e. The Labute approximate surface area is 114 Å². The van der Waals surface area contributed by atoms with Crippen LogP contribution in [-0.4, -0.2) is 36.9 Å². The monoisotopic (exact) mass is 259 g/mol. The third-order valence-corrected chi connectivity index (χ3v) is 4.08. The molecular weight excluding hydrogens is 238 g/mol. The fourth-order valence-electron chi connectivity index (χ4n) is 2.95. The van der Waals surface area contributed by atoms with Crippen LogP contribution in [0.3, 0.4) is 0 Å². The number of benzene rings is 1. The molecule has 0 aliphatic carbocycles. The van der Waals surface area contributed by atoms with Gasteiger partial charge in [0.2, 0.25) is 0 Å². The zero-order valence-electron chi connectivity index (χ0n) is 11.4. The van der Waals surface area contributed by atoms with Crippen molar-refractivity contribution in [3.8, 4) is 5.75 Å². The van der Waals surface area contributed by atoms with Gasteiger partial charge in [-0.3, -0.25) is 9.69 Å². The van der Waals surface area contributed by atoms with Crippen LogP contribution in [0.1, 0.15) is 41.6 Å². The number of Topliss-reactive ketones (excluding diaryl/α,β-unsaturated/α-hetero) is 1. The van der Waals surface area contributed by atoms with Gasteiger partial charge in [0, 0.05) is 12.0 Å². The number of ketones is 1. The Morgan fingerprint density at radius 2 is 1.95 bits per heavy atom. The van der Waals surface area contributed by atoms with Crippen molar-refractivity contribution in [1.29, 1.82) is 0 Å². The highest BCUT2D eigenvalue weighted by Crippen LogP contribution is 2.26. The van der Waals surface area contributed by atoms with Gasteiger partial charge >= 0.3 is 0 Å². The Morgan fingerprint density at radius 3 is 2.74 bits per heavy atom. The highest BCUT2D eigenvalue weighted by molar-refractivity contribution is 5.98. The maximum absolute atomic E-state index is 12.3. The molecular formula is C16H21NO2. The van der Waals surface area contributed by atoms with E-state index in [9.17, 15) is 4.79 Å². The van der Waals surface area contributed by atoms with E-state index in [-0.39, 0.29) is 5.78 Å². The molecule has 2 heterocycles. The summed E-state index contributed by atoms with van der Waals surface area (Å²) in [6, 6.07) is 5.87. The molecule has 1 aromatic carbocycles. The van der Waals surface area contributed by atoms with E-state index in [0.29, 0.717) is 6.54 Å². The predicted molar refractivity (Wildman–Crippen MR) is 74.9 cm³/mol. The van der Waals surface area contributed by atoms with Crippen LogP contribution < -0.4 is 4.74 Å². The van der Waals surface area contributed by atoms with E-state index in [0.717, 1.165) is 37.4 Å². The molecule has 0 saturated carbocycles. The van der Waals surface area contributed by atoms with Crippen molar-refractivity contribution in [3.63, 3.8) is 0 Å². The van der Waals surface area contributed by atoms with Crippen molar-refractivity contribution in [2.45, 2.75) is 32.1 Å². The Kier molecular flexibility index (Phi) is 3.83. The van der Waals surface area contributed by atoms with E-state index in [4.69, 9.17) is 4.74 Å². The molecule has 0 unspecified atom stereocenters. The van der Waals surface area contributed by atoms with Crippen molar-refractivity contribution >= 4 is 5.78 Å². The standard InChI is InChI=1S/C16H21NO2/c18-15(12-17-8-3-1-2-4-9-17)13-5-6-16-14(11-13)7-10-19-16/h5-6,11H,1-4,7-10,12H2. The Hall–Kier alpha value is -1.35. The normalized spacial score (nSPS) is 19.6. The highest BCUT2D eigenvalue weighted by atomic mass is 16.5. The first-order valence-electron chi connectivity index (χ1n) is 7.34. The van der Waals surface area contributed by atoms with E-state index in [2.05, 4.69) is 4.90 Å². The Bertz CT molecular complexity index is 462. The maximum Gasteiger partial charge on any atom is 0.176 e. The Balaban J connectivity index is 1.66. The van der Waals surface area contributed by atoms with Gasteiger partial charge in [0.15, 0.2) is 5.78 Å². The minimum absolute atomic E-state index is 0.247. The van der Waals surface area contributed by atoms with E-state index in [1.54, 1.807) is 0 Å². The number of carbonyl (C=O) groups is 1. The fraction of sp³-hybridized carbons (Fsp3) is 0.562. The molecule has 102 valence electrons. The maximum atomic E-state index is 12.3. The molecule has 0 spiro atoms. The van der Waals surface area contributed by atoms with Crippen LogP contribution in [0, 0.1) is 0 Å². The molecule has 0 atom stereocenters. The van der Waals surface area contributed by atoms with Crippen molar-refractivity contribution in [2.24, 2.45) is 0 Å². The predicted octanol–water partition coefficient (Wildman–Crippen LogP) is 2.68. The highest BCUT2D eigenvalue weighted by Gasteiger charge is 2.17. The van der Waals surface area contributed by atoms with Crippen molar-refractivity contribution in [2.75, 3.05) is 26.2 Å². The quantitative estimate of drug-likeness (QED) is 0.782. The van der Waals surface area contributed by atoms with Crippen molar-refractivity contribution in [3.05, 3.63) is 29.3 Å². The fourth-order valence-corrected chi connectivity index (χ4v) is 2.95. The molecule has 3 heteroatoms. The summed E-state index contributed by atoms with van der Waals surface area (Å²) in [5, 5.41) is 0. The molecule has 2 aliphatic rings. The van der Waals surface area contributed by atoms with Gasteiger partial charge in [0.25, 0.3) is 0 Å². The summed E-state index contributed by atoms with van der Waals surface area (Å²) < 4.78 is 5.48. The lowest BCUT2D eigenvalue weighted by Gasteiger charge is -2.18. The van der Waals surface area contributed by atoms with E-state index in [1.165, 1.54) is 31.2 Å². The molecule has 3 nitrogen and oxygen atoms in total. The van der Waals surface area contributed by atoms with Gasteiger partial charge in [-0.15, -0.1) is 0 Å². The molecule has 1 saturated heterocycles. The lowest BCUT2D eigenvalue weighted by molar-refractivity contribution is 0.0933. The number of carbonyl (C=O) groups excluding carboxylic acids is 1. The van der Waals surface area contributed by atoms with Gasteiger partial charge in [-0.05, 0) is 49.7 Å². The molecule has 0 bridgehead atoms. The second-order valence-corrected chi connectivity index (χ2v) is 5.53. The lowest BCUT2D eigenvalue weighted by Crippen LogP contribution is -2.30. The van der Waals surface area contributed by atoms with Crippen LogP contribution in [0.2, 0.25) is 0 Å². The number of ether oxygens (including phenoxy) is 1. The molecule has 0 aromatic heterocycles. The Morgan fingerprint density at radius 1 is 1.16 bits per heavy atom. The SMILES string of the molecule is O=C(CN1CCCCCC1)c1ccc2c(c1)CCO2. The molecule has 0 radical (unpaired) electrons. The molecule has 3 rings (SSSR count). The van der Waals surface area contributed by atoms with Gasteiger partial charge in [-0.2, -0.15) is 0 Å². The van der Waals surface area contributed by atoms with Gasteiger partial charge in [0.05, 0.1) is 13.2 Å². The number of hydrogen-bond donors (Lipinski definition) is 0. The topological polar surface area (TPSA) is 29.5 Å². The molecule has 1 aromatic rings. The first kappa shape index (κ1) is 12.7. The van der Waals surface area contributed by atoms with Crippen LogP contribution in [0.25, 0.3) is 0 Å². The zero-order valence-corrected chi connectivity index (χ0v) is 11.4.